The van der Waals surface area contributed by atoms with E-state index in [0.29, 0.717) is 12.4 Å². The highest BCUT2D eigenvalue weighted by Gasteiger charge is 2.12. The Morgan fingerprint density at radius 1 is 1.12 bits per heavy atom. The maximum atomic E-state index is 6.28. The first-order valence-corrected chi connectivity index (χ1v) is 8.92. The van der Waals surface area contributed by atoms with Gasteiger partial charge in [0.1, 0.15) is 0 Å². The number of aryl methyl sites for hydroxylation is 1. The number of methoxy groups -OCH3 is 1. The lowest BCUT2D eigenvalue weighted by atomic mass is 10.2. The molecule has 3 rings (SSSR count). The number of benzene rings is 1. The molecule has 0 aliphatic heterocycles. The molecule has 26 heavy (non-hydrogen) atoms. The maximum Gasteiger partial charge on any atom is 0.212 e. The Kier molecular flexibility index (Phi) is 5.91. The Hall–Kier alpha value is -2.37. The van der Waals surface area contributed by atoms with Crippen LogP contribution in [0, 0.1) is 13.8 Å². The Bertz CT molecular complexity index is 874. The smallest absolute Gasteiger partial charge is 0.212 e. The lowest BCUT2D eigenvalue weighted by molar-refractivity contribution is 0.397. The van der Waals surface area contributed by atoms with Gasteiger partial charge in [-0.2, -0.15) is 5.10 Å². The summed E-state index contributed by atoms with van der Waals surface area (Å²) in [6.45, 7) is 6.32. The van der Waals surface area contributed by atoms with Crippen LogP contribution >= 0.6 is 11.6 Å². The highest BCUT2D eigenvalue weighted by molar-refractivity contribution is 6.31. The predicted molar refractivity (Wildman–Crippen MR) is 104 cm³/mol. The van der Waals surface area contributed by atoms with Gasteiger partial charge < -0.3 is 10.1 Å². The van der Waals surface area contributed by atoms with Crippen molar-refractivity contribution in [2.45, 2.75) is 33.5 Å². The largest absolute Gasteiger partial charge is 0.481 e. The average Bonchev–Trinajstić information content (AvgIpc) is 2.91. The first-order chi connectivity index (χ1) is 12.6. The van der Waals surface area contributed by atoms with Crippen molar-refractivity contribution in [3.63, 3.8) is 0 Å². The Labute approximate surface area is 159 Å². The van der Waals surface area contributed by atoms with Crippen molar-refractivity contribution in [1.82, 2.24) is 20.1 Å². The van der Waals surface area contributed by atoms with Crippen LogP contribution in [0.2, 0.25) is 5.02 Å². The molecule has 5 nitrogen and oxygen atoms in total. The third-order valence-electron chi connectivity index (χ3n) is 4.45. The minimum atomic E-state index is 0.626. The zero-order chi connectivity index (χ0) is 18.5. The molecule has 0 aliphatic rings. The average molecular weight is 371 g/mol. The van der Waals surface area contributed by atoms with E-state index in [0.717, 1.165) is 40.6 Å². The van der Waals surface area contributed by atoms with Crippen LogP contribution in [0.1, 0.15) is 28.1 Å². The van der Waals surface area contributed by atoms with Gasteiger partial charge in [0.15, 0.2) is 0 Å². The van der Waals surface area contributed by atoms with Crippen molar-refractivity contribution in [3.8, 4) is 5.88 Å². The third kappa shape index (κ3) is 4.23. The van der Waals surface area contributed by atoms with E-state index in [-0.39, 0.29) is 0 Å². The van der Waals surface area contributed by atoms with E-state index in [1.807, 2.05) is 54.2 Å². The van der Waals surface area contributed by atoms with Crippen molar-refractivity contribution in [3.05, 3.63) is 75.7 Å². The van der Waals surface area contributed by atoms with Gasteiger partial charge >= 0.3 is 0 Å². The summed E-state index contributed by atoms with van der Waals surface area (Å²) in [6, 6.07) is 11.8. The van der Waals surface area contributed by atoms with Gasteiger partial charge in [0, 0.05) is 41.6 Å². The molecule has 0 saturated heterocycles. The minimum Gasteiger partial charge on any atom is -0.481 e. The fraction of sp³-hybridized carbons (Fsp3) is 0.300. The van der Waals surface area contributed by atoms with E-state index >= 15 is 0 Å². The molecule has 0 spiro atoms. The summed E-state index contributed by atoms with van der Waals surface area (Å²) in [4.78, 5) is 4.23. The third-order valence-corrected chi connectivity index (χ3v) is 4.82. The molecule has 1 aromatic carbocycles. The number of halogens is 1. The standard InChI is InChI=1S/C20H23ClN4O/c1-14-18(12-22-10-16-8-9-20(26-3)23-11-16)15(2)25(24-14)13-17-6-4-5-7-19(17)21/h4-9,11,22H,10,12-13H2,1-3H3. The SMILES string of the molecule is COc1ccc(CNCc2c(C)nn(Cc3ccccc3Cl)c2C)cn1. The molecule has 2 aromatic heterocycles. The van der Waals surface area contributed by atoms with Crippen molar-refractivity contribution >= 4 is 11.6 Å². The second-order valence-corrected chi connectivity index (χ2v) is 6.62. The van der Waals surface area contributed by atoms with Crippen LogP contribution in [0.25, 0.3) is 0 Å². The number of aromatic nitrogens is 3. The first kappa shape index (κ1) is 18.4. The number of ether oxygens (including phenoxy) is 1. The second kappa shape index (κ2) is 8.34. The molecule has 3 aromatic rings. The Balaban J connectivity index is 1.65. The van der Waals surface area contributed by atoms with Gasteiger partial charge in [0.2, 0.25) is 5.88 Å². The van der Waals surface area contributed by atoms with Gasteiger partial charge in [-0.1, -0.05) is 35.9 Å². The number of hydrogen-bond donors (Lipinski definition) is 1. The molecule has 2 heterocycles. The zero-order valence-corrected chi connectivity index (χ0v) is 16.0. The first-order valence-electron chi connectivity index (χ1n) is 8.54. The fourth-order valence-corrected chi connectivity index (χ4v) is 3.10. The number of nitrogens with zero attached hydrogens (tertiary/aromatic N) is 3. The normalized spacial score (nSPS) is 10.9. The lowest BCUT2D eigenvalue weighted by Crippen LogP contribution is -2.14. The molecule has 0 unspecified atom stereocenters. The van der Waals surface area contributed by atoms with Gasteiger partial charge in [-0.15, -0.1) is 0 Å². The van der Waals surface area contributed by atoms with Gasteiger partial charge in [0.25, 0.3) is 0 Å². The van der Waals surface area contributed by atoms with Crippen LogP contribution in [0.15, 0.2) is 42.6 Å². The zero-order valence-electron chi connectivity index (χ0n) is 15.3. The van der Waals surface area contributed by atoms with Crippen LogP contribution < -0.4 is 10.1 Å². The highest BCUT2D eigenvalue weighted by Crippen LogP contribution is 2.19. The molecule has 0 radical (unpaired) electrons. The van der Waals surface area contributed by atoms with Gasteiger partial charge in [0.05, 0.1) is 19.3 Å². The van der Waals surface area contributed by atoms with Gasteiger partial charge in [-0.25, -0.2) is 4.98 Å². The van der Waals surface area contributed by atoms with Crippen LogP contribution in [0.5, 0.6) is 5.88 Å². The van der Waals surface area contributed by atoms with Gasteiger partial charge in [-0.05, 0) is 31.0 Å². The second-order valence-electron chi connectivity index (χ2n) is 6.21. The number of hydrogen-bond acceptors (Lipinski definition) is 4. The van der Waals surface area contributed by atoms with E-state index in [4.69, 9.17) is 16.3 Å². The van der Waals surface area contributed by atoms with Crippen molar-refractivity contribution in [2.24, 2.45) is 0 Å². The molecule has 0 atom stereocenters. The predicted octanol–water partition coefficient (Wildman–Crippen LogP) is 3.90. The molecular weight excluding hydrogens is 348 g/mol. The molecule has 6 heteroatoms. The van der Waals surface area contributed by atoms with E-state index in [1.165, 1.54) is 5.56 Å². The van der Waals surface area contributed by atoms with Crippen molar-refractivity contribution < 1.29 is 4.74 Å². The molecular formula is C20H23ClN4O. The number of pyridine rings is 1. The van der Waals surface area contributed by atoms with Crippen molar-refractivity contribution in [2.75, 3.05) is 7.11 Å². The van der Waals surface area contributed by atoms with Crippen molar-refractivity contribution in [1.29, 1.82) is 0 Å². The van der Waals surface area contributed by atoms with Gasteiger partial charge in [-0.3, -0.25) is 4.68 Å². The maximum absolute atomic E-state index is 6.28. The summed E-state index contributed by atoms with van der Waals surface area (Å²) in [5, 5.41) is 8.92. The molecule has 0 fully saturated rings. The summed E-state index contributed by atoms with van der Waals surface area (Å²) in [7, 11) is 1.62. The lowest BCUT2D eigenvalue weighted by Gasteiger charge is -2.08. The number of rotatable bonds is 7. The quantitative estimate of drug-likeness (QED) is 0.685. The Morgan fingerprint density at radius 3 is 2.62 bits per heavy atom. The molecule has 0 amide bonds. The minimum absolute atomic E-state index is 0.626. The summed E-state index contributed by atoms with van der Waals surface area (Å²) < 4.78 is 7.10. The number of nitrogens with one attached hydrogen (secondary N) is 1. The van der Waals surface area contributed by atoms with E-state index in [1.54, 1.807) is 7.11 Å². The molecule has 0 saturated carbocycles. The molecule has 0 bridgehead atoms. The summed E-state index contributed by atoms with van der Waals surface area (Å²) in [5.41, 5.74) is 5.60. The Morgan fingerprint density at radius 2 is 1.92 bits per heavy atom. The highest BCUT2D eigenvalue weighted by atomic mass is 35.5. The molecule has 1 N–H and O–H groups in total. The van der Waals surface area contributed by atoms with Crippen LogP contribution in [-0.2, 0) is 19.6 Å². The van der Waals surface area contributed by atoms with Crippen LogP contribution in [0.4, 0.5) is 0 Å². The van der Waals surface area contributed by atoms with Crippen LogP contribution in [0.3, 0.4) is 0 Å². The summed E-state index contributed by atoms with van der Waals surface area (Å²) in [5.74, 6) is 0.626. The van der Waals surface area contributed by atoms with E-state index in [9.17, 15) is 0 Å². The topological polar surface area (TPSA) is 52.0 Å². The van der Waals surface area contributed by atoms with Crippen LogP contribution in [-0.4, -0.2) is 21.9 Å². The molecule has 136 valence electrons. The summed E-state index contributed by atoms with van der Waals surface area (Å²) in [6.07, 6.45) is 1.83. The fourth-order valence-electron chi connectivity index (χ4n) is 2.90. The van der Waals surface area contributed by atoms with E-state index < -0.39 is 0 Å². The summed E-state index contributed by atoms with van der Waals surface area (Å²) >= 11 is 6.28. The monoisotopic (exact) mass is 370 g/mol. The van der Waals surface area contributed by atoms with E-state index in [2.05, 4.69) is 22.3 Å². The molecule has 0 aliphatic carbocycles.